The fraction of sp³-hybridized carbons (Fsp3) is 0.733. The van der Waals surface area contributed by atoms with Crippen molar-refractivity contribution in [2.24, 2.45) is 5.92 Å². The molecule has 0 bridgehead atoms. The van der Waals surface area contributed by atoms with Gasteiger partial charge in [-0.25, -0.2) is 4.98 Å². The average molecular weight is 276 g/mol. The molecule has 2 aliphatic rings. The van der Waals surface area contributed by atoms with E-state index in [1.54, 1.807) is 17.0 Å². The lowest BCUT2D eigenvalue weighted by molar-refractivity contribution is 0.380. The van der Waals surface area contributed by atoms with E-state index in [-0.39, 0.29) is 5.56 Å². The van der Waals surface area contributed by atoms with Gasteiger partial charge in [0.15, 0.2) is 5.82 Å². The molecule has 110 valence electrons. The maximum absolute atomic E-state index is 12.3. The van der Waals surface area contributed by atoms with E-state index in [9.17, 15) is 4.79 Å². The molecular formula is C15H24N4O. The van der Waals surface area contributed by atoms with Crippen molar-refractivity contribution in [1.29, 1.82) is 0 Å². The molecule has 0 spiro atoms. The fourth-order valence-electron chi connectivity index (χ4n) is 2.87. The highest BCUT2D eigenvalue weighted by Gasteiger charge is 2.25. The number of nitrogens with zero attached hydrogens (tertiary/aromatic N) is 3. The molecule has 1 aromatic rings. The Hall–Kier alpha value is -1.36. The van der Waals surface area contributed by atoms with Crippen molar-refractivity contribution < 1.29 is 0 Å². The van der Waals surface area contributed by atoms with Crippen molar-refractivity contribution in [2.75, 3.05) is 24.5 Å². The Kier molecular flexibility index (Phi) is 4.05. The van der Waals surface area contributed by atoms with Gasteiger partial charge in [0.05, 0.1) is 0 Å². The number of anilines is 1. The molecule has 20 heavy (non-hydrogen) atoms. The number of aromatic nitrogens is 2. The van der Waals surface area contributed by atoms with Crippen molar-refractivity contribution >= 4 is 5.82 Å². The highest BCUT2D eigenvalue weighted by Crippen LogP contribution is 2.22. The highest BCUT2D eigenvalue weighted by molar-refractivity contribution is 5.36. The van der Waals surface area contributed by atoms with E-state index in [2.05, 4.69) is 15.2 Å². The fourth-order valence-corrected chi connectivity index (χ4v) is 2.87. The van der Waals surface area contributed by atoms with E-state index in [1.165, 1.54) is 12.8 Å². The largest absolute Gasteiger partial charge is 0.352 e. The molecule has 0 amide bonds. The van der Waals surface area contributed by atoms with Gasteiger partial charge in [0, 0.05) is 38.1 Å². The second kappa shape index (κ2) is 5.95. The average Bonchev–Trinajstić information content (AvgIpc) is 3.30. The first-order chi connectivity index (χ1) is 9.78. The zero-order chi connectivity index (χ0) is 13.9. The van der Waals surface area contributed by atoms with Crippen LogP contribution in [-0.4, -0.2) is 35.2 Å². The first-order valence-corrected chi connectivity index (χ1v) is 7.81. The Morgan fingerprint density at radius 3 is 2.70 bits per heavy atom. The predicted octanol–water partition coefficient (Wildman–Crippen LogP) is 1.23. The summed E-state index contributed by atoms with van der Waals surface area (Å²) < 4.78 is 1.73. The number of rotatable bonds is 5. The van der Waals surface area contributed by atoms with Gasteiger partial charge in [0.25, 0.3) is 5.56 Å². The molecule has 1 saturated heterocycles. The highest BCUT2D eigenvalue weighted by atomic mass is 16.1. The van der Waals surface area contributed by atoms with E-state index in [0.717, 1.165) is 44.4 Å². The molecular weight excluding hydrogens is 252 g/mol. The SMILES string of the molecule is CCn1ccnc(N2CCC(CNC3CC3)CC2)c1=O. The van der Waals surface area contributed by atoms with Gasteiger partial charge in [-0.15, -0.1) is 0 Å². The first-order valence-electron chi connectivity index (χ1n) is 7.81. The van der Waals surface area contributed by atoms with Crippen LogP contribution in [0.15, 0.2) is 17.2 Å². The van der Waals surface area contributed by atoms with Crippen LogP contribution in [0.2, 0.25) is 0 Å². The summed E-state index contributed by atoms with van der Waals surface area (Å²) in [6.07, 6.45) is 8.51. The van der Waals surface area contributed by atoms with E-state index in [0.29, 0.717) is 12.4 Å². The number of hydrogen-bond acceptors (Lipinski definition) is 4. The van der Waals surface area contributed by atoms with Gasteiger partial charge in [-0.3, -0.25) is 4.79 Å². The van der Waals surface area contributed by atoms with E-state index >= 15 is 0 Å². The maximum Gasteiger partial charge on any atom is 0.293 e. The summed E-state index contributed by atoms with van der Waals surface area (Å²) in [6.45, 7) is 5.73. The van der Waals surface area contributed by atoms with Gasteiger partial charge in [-0.1, -0.05) is 0 Å². The second-order valence-corrected chi connectivity index (χ2v) is 5.95. The molecule has 1 N–H and O–H groups in total. The van der Waals surface area contributed by atoms with Gasteiger partial charge < -0.3 is 14.8 Å². The van der Waals surface area contributed by atoms with Crippen LogP contribution in [0, 0.1) is 5.92 Å². The third-order valence-corrected chi connectivity index (χ3v) is 4.42. The van der Waals surface area contributed by atoms with Gasteiger partial charge in [-0.05, 0) is 45.1 Å². The summed E-state index contributed by atoms with van der Waals surface area (Å²) >= 11 is 0. The van der Waals surface area contributed by atoms with Crippen LogP contribution in [-0.2, 0) is 6.54 Å². The Morgan fingerprint density at radius 2 is 2.05 bits per heavy atom. The molecule has 3 rings (SSSR count). The van der Waals surface area contributed by atoms with Crippen LogP contribution in [0.25, 0.3) is 0 Å². The van der Waals surface area contributed by atoms with Gasteiger partial charge in [-0.2, -0.15) is 0 Å². The molecule has 0 unspecified atom stereocenters. The van der Waals surface area contributed by atoms with Crippen LogP contribution in [0.3, 0.4) is 0 Å². The van der Waals surface area contributed by atoms with Crippen molar-refractivity contribution in [3.8, 4) is 0 Å². The summed E-state index contributed by atoms with van der Waals surface area (Å²) in [6, 6.07) is 0.792. The van der Waals surface area contributed by atoms with Crippen molar-refractivity contribution in [3.05, 3.63) is 22.7 Å². The van der Waals surface area contributed by atoms with E-state index in [1.807, 2.05) is 6.92 Å². The molecule has 5 heteroatoms. The first kappa shape index (κ1) is 13.6. The number of hydrogen-bond donors (Lipinski definition) is 1. The van der Waals surface area contributed by atoms with E-state index < -0.39 is 0 Å². The zero-order valence-electron chi connectivity index (χ0n) is 12.2. The maximum atomic E-state index is 12.3. The molecule has 1 aliphatic carbocycles. The minimum Gasteiger partial charge on any atom is -0.352 e. The normalized spacial score (nSPS) is 20.4. The van der Waals surface area contributed by atoms with Crippen LogP contribution < -0.4 is 15.8 Å². The lowest BCUT2D eigenvalue weighted by Crippen LogP contribution is -2.41. The Bertz CT molecular complexity index is 501. The lowest BCUT2D eigenvalue weighted by atomic mass is 9.97. The molecule has 2 heterocycles. The molecule has 1 aromatic heterocycles. The van der Waals surface area contributed by atoms with Crippen molar-refractivity contribution in [1.82, 2.24) is 14.9 Å². The molecule has 0 atom stereocenters. The summed E-state index contributed by atoms with van der Waals surface area (Å²) in [5.74, 6) is 1.38. The second-order valence-electron chi connectivity index (χ2n) is 5.95. The number of piperidine rings is 1. The molecule has 1 aliphatic heterocycles. The minimum absolute atomic E-state index is 0.0459. The molecule has 1 saturated carbocycles. The van der Waals surface area contributed by atoms with E-state index in [4.69, 9.17) is 0 Å². The number of aryl methyl sites for hydroxylation is 1. The summed E-state index contributed by atoms with van der Waals surface area (Å²) in [7, 11) is 0. The molecule has 0 aromatic carbocycles. The van der Waals surface area contributed by atoms with Crippen LogP contribution in [0.1, 0.15) is 32.6 Å². The summed E-state index contributed by atoms with van der Waals surface area (Å²) in [5.41, 5.74) is 0.0459. The molecule has 0 radical (unpaired) electrons. The monoisotopic (exact) mass is 276 g/mol. The Morgan fingerprint density at radius 1 is 1.30 bits per heavy atom. The smallest absolute Gasteiger partial charge is 0.293 e. The van der Waals surface area contributed by atoms with Gasteiger partial charge in [0.1, 0.15) is 0 Å². The third kappa shape index (κ3) is 3.03. The van der Waals surface area contributed by atoms with Crippen LogP contribution in [0.5, 0.6) is 0 Å². The topological polar surface area (TPSA) is 50.2 Å². The van der Waals surface area contributed by atoms with Crippen LogP contribution >= 0.6 is 0 Å². The van der Waals surface area contributed by atoms with Crippen molar-refractivity contribution in [2.45, 2.75) is 45.2 Å². The number of nitrogens with one attached hydrogen (secondary N) is 1. The predicted molar refractivity (Wildman–Crippen MR) is 80.1 cm³/mol. The minimum atomic E-state index is 0.0459. The summed E-state index contributed by atoms with van der Waals surface area (Å²) in [5, 5.41) is 3.61. The standard InChI is InChI=1S/C15H24N4O/c1-2-18-10-7-16-14(15(18)20)19-8-5-12(6-9-19)11-17-13-3-4-13/h7,10,12-13,17H,2-6,8-9,11H2,1H3. The van der Waals surface area contributed by atoms with Gasteiger partial charge >= 0.3 is 0 Å². The lowest BCUT2D eigenvalue weighted by Gasteiger charge is -2.32. The zero-order valence-corrected chi connectivity index (χ0v) is 12.2. The summed E-state index contributed by atoms with van der Waals surface area (Å²) in [4.78, 5) is 18.7. The Balaban J connectivity index is 1.58. The van der Waals surface area contributed by atoms with Crippen LogP contribution in [0.4, 0.5) is 5.82 Å². The van der Waals surface area contributed by atoms with Crippen molar-refractivity contribution in [3.63, 3.8) is 0 Å². The quantitative estimate of drug-likeness (QED) is 0.879. The third-order valence-electron chi connectivity index (χ3n) is 4.42. The Labute approximate surface area is 120 Å². The molecule has 5 nitrogen and oxygen atoms in total. The van der Waals surface area contributed by atoms with Gasteiger partial charge in [0.2, 0.25) is 0 Å². The molecule has 2 fully saturated rings.